The molecular weight excluding hydrogens is 306 g/mol. The van der Waals surface area contributed by atoms with Crippen LogP contribution in [0.15, 0.2) is 29.6 Å². The van der Waals surface area contributed by atoms with Gasteiger partial charge in [0, 0.05) is 16.8 Å². The lowest BCUT2D eigenvalue weighted by Gasteiger charge is -2.22. The fourth-order valence-corrected chi connectivity index (χ4v) is 3.99. The standard InChI is InChI=1S/C18H19N3OS/c1-11-5-6-14-15(8-11)20-17(19-14)16-4-3-7-21(16)18(22)13-9-12(2)23-10-13/h5-6,8-10,16H,3-4,7H2,1-2H3,(H,19,20)/t16-/m0/s1. The van der Waals surface area contributed by atoms with Crippen molar-refractivity contribution >= 4 is 28.3 Å². The third-order valence-electron chi connectivity index (χ3n) is 4.46. The predicted molar refractivity (Wildman–Crippen MR) is 92.9 cm³/mol. The number of amides is 1. The van der Waals surface area contributed by atoms with E-state index in [2.05, 4.69) is 24.0 Å². The number of aryl methyl sites for hydroxylation is 2. The fourth-order valence-electron chi connectivity index (χ4n) is 3.32. The van der Waals surface area contributed by atoms with Crippen molar-refractivity contribution in [2.24, 2.45) is 0 Å². The van der Waals surface area contributed by atoms with E-state index in [0.717, 1.165) is 41.8 Å². The van der Waals surface area contributed by atoms with Crippen molar-refractivity contribution in [3.8, 4) is 0 Å². The Hall–Kier alpha value is -2.14. The van der Waals surface area contributed by atoms with Crippen LogP contribution in [0.5, 0.6) is 0 Å². The van der Waals surface area contributed by atoms with Crippen LogP contribution in [0.4, 0.5) is 0 Å². The van der Waals surface area contributed by atoms with E-state index in [1.54, 1.807) is 11.3 Å². The Morgan fingerprint density at radius 1 is 1.35 bits per heavy atom. The van der Waals surface area contributed by atoms with Gasteiger partial charge in [0.1, 0.15) is 5.82 Å². The molecule has 0 bridgehead atoms. The molecule has 0 unspecified atom stereocenters. The van der Waals surface area contributed by atoms with Gasteiger partial charge in [-0.3, -0.25) is 4.79 Å². The molecule has 5 heteroatoms. The number of fused-ring (bicyclic) bond motifs is 1. The first-order valence-corrected chi connectivity index (χ1v) is 8.82. The van der Waals surface area contributed by atoms with Crippen LogP contribution >= 0.6 is 11.3 Å². The number of carbonyl (C=O) groups excluding carboxylic acids is 1. The number of H-pyrrole nitrogens is 1. The zero-order chi connectivity index (χ0) is 16.0. The molecule has 0 saturated carbocycles. The highest BCUT2D eigenvalue weighted by Gasteiger charge is 2.32. The summed E-state index contributed by atoms with van der Waals surface area (Å²) in [5.74, 6) is 1.02. The summed E-state index contributed by atoms with van der Waals surface area (Å²) in [6.45, 7) is 4.91. The van der Waals surface area contributed by atoms with Crippen LogP contribution in [-0.2, 0) is 0 Å². The second-order valence-electron chi connectivity index (χ2n) is 6.25. The van der Waals surface area contributed by atoms with Gasteiger partial charge in [0.15, 0.2) is 0 Å². The Labute approximate surface area is 139 Å². The first kappa shape index (κ1) is 14.5. The average Bonchev–Trinajstić information content (AvgIpc) is 3.23. The molecule has 1 aromatic carbocycles. The molecule has 3 aromatic rings. The number of nitrogens with zero attached hydrogens (tertiary/aromatic N) is 2. The topological polar surface area (TPSA) is 49.0 Å². The molecule has 1 saturated heterocycles. The van der Waals surface area contributed by atoms with Crippen molar-refractivity contribution < 1.29 is 4.79 Å². The molecule has 4 rings (SSSR count). The number of benzene rings is 1. The molecule has 2 aromatic heterocycles. The van der Waals surface area contributed by atoms with Gasteiger partial charge >= 0.3 is 0 Å². The highest BCUT2D eigenvalue weighted by Crippen LogP contribution is 2.33. The van der Waals surface area contributed by atoms with Gasteiger partial charge in [0.05, 0.1) is 22.6 Å². The Morgan fingerprint density at radius 2 is 2.22 bits per heavy atom. The van der Waals surface area contributed by atoms with Gasteiger partial charge in [-0.1, -0.05) is 6.07 Å². The van der Waals surface area contributed by atoms with E-state index >= 15 is 0 Å². The Kier molecular flexibility index (Phi) is 3.45. The summed E-state index contributed by atoms with van der Waals surface area (Å²) < 4.78 is 0. The third-order valence-corrected chi connectivity index (χ3v) is 5.32. The maximum absolute atomic E-state index is 12.8. The number of nitrogens with one attached hydrogen (secondary N) is 1. The van der Waals surface area contributed by atoms with E-state index < -0.39 is 0 Å². The SMILES string of the molecule is Cc1ccc2nc([C@@H]3CCCN3C(=O)c3csc(C)c3)[nH]c2c1. The smallest absolute Gasteiger partial charge is 0.255 e. The van der Waals surface area contributed by atoms with E-state index in [1.165, 1.54) is 10.4 Å². The number of aromatic amines is 1. The van der Waals surface area contributed by atoms with Gasteiger partial charge in [-0.15, -0.1) is 11.3 Å². The molecule has 1 amide bonds. The minimum atomic E-state index is 0.0513. The molecule has 0 spiro atoms. The molecule has 1 aliphatic rings. The molecule has 1 N–H and O–H groups in total. The minimum Gasteiger partial charge on any atom is -0.340 e. The van der Waals surface area contributed by atoms with Crippen molar-refractivity contribution in [2.45, 2.75) is 32.7 Å². The second-order valence-corrected chi connectivity index (χ2v) is 7.36. The zero-order valence-corrected chi connectivity index (χ0v) is 14.1. The number of hydrogen-bond donors (Lipinski definition) is 1. The minimum absolute atomic E-state index is 0.0513. The third kappa shape index (κ3) is 2.55. The summed E-state index contributed by atoms with van der Waals surface area (Å²) in [5.41, 5.74) is 4.02. The molecular formula is C18H19N3OS. The first-order chi connectivity index (χ1) is 11.1. The summed E-state index contributed by atoms with van der Waals surface area (Å²) >= 11 is 1.62. The maximum atomic E-state index is 12.8. The predicted octanol–water partition coefficient (Wildman–Crippen LogP) is 4.22. The highest BCUT2D eigenvalue weighted by atomic mass is 32.1. The number of likely N-dealkylation sites (tertiary alicyclic amines) is 1. The number of rotatable bonds is 2. The lowest BCUT2D eigenvalue weighted by Crippen LogP contribution is -2.30. The Bertz CT molecular complexity index is 879. The summed E-state index contributed by atoms with van der Waals surface area (Å²) in [6.07, 6.45) is 1.99. The number of hydrogen-bond acceptors (Lipinski definition) is 3. The van der Waals surface area contributed by atoms with Crippen molar-refractivity contribution in [3.05, 3.63) is 51.5 Å². The van der Waals surface area contributed by atoms with Gasteiger partial charge in [-0.2, -0.15) is 0 Å². The van der Waals surface area contributed by atoms with Gasteiger partial charge in [-0.05, 0) is 50.5 Å². The zero-order valence-electron chi connectivity index (χ0n) is 13.3. The van der Waals surface area contributed by atoms with E-state index in [1.807, 2.05) is 29.3 Å². The molecule has 1 aliphatic heterocycles. The van der Waals surface area contributed by atoms with Gasteiger partial charge < -0.3 is 9.88 Å². The van der Waals surface area contributed by atoms with Crippen LogP contribution in [0.2, 0.25) is 0 Å². The van der Waals surface area contributed by atoms with Crippen molar-refractivity contribution in [2.75, 3.05) is 6.54 Å². The largest absolute Gasteiger partial charge is 0.340 e. The quantitative estimate of drug-likeness (QED) is 0.767. The summed E-state index contributed by atoms with van der Waals surface area (Å²) in [6, 6.07) is 8.24. The van der Waals surface area contributed by atoms with Crippen molar-refractivity contribution in [3.63, 3.8) is 0 Å². The van der Waals surface area contributed by atoms with Crippen molar-refractivity contribution in [1.29, 1.82) is 0 Å². The summed E-state index contributed by atoms with van der Waals surface area (Å²) in [7, 11) is 0. The molecule has 1 atom stereocenters. The maximum Gasteiger partial charge on any atom is 0.255 e. The average molecular weight is 325 g/mol. The molecule has 0 radical (unpaired) electrons. The molecule has 4 nitrogen and oxygen atoms in total. The second kappa shape index (κ2) is 5.49. The molecule has 23 heavy (non-hydrogen) atoms. The monoisotopic (exact) mass is 325 g/mol. The molecule has 0 aliphatic carbocycles. The van der Waals surface area contributed by atoms with Crippen molar-refractivity contribution in [1.82, 2.24) is 14.9 Å². The van der Waals surface area contributed by atoms with Crippen LogP contribution in [0.1, 0.15) is 45.5 Å². The number of aromatic nitrogens is 2. The van der Waals surface area contributed by atoms with E-state index in [9.17, 15) is 4.79 Å². The Balaban J connectivity index is 1.67. The van der Waals surface area contributed by atoms with E-state index in [0.29, 0.717) is 0 Å². The van der Waals surface area contributed by atoms with Crippen LogP contribution in [-0.4, -0.2) is 27.3 Å². The van der Waals surface area contributed by atoms with Gasteiger partial charge in [-0.25, -0.2) is 4.98 Å². The van der Waals surface area contributed by atoms with Crippen LogP contribution in [0.3, 0.4) is 0 Å². The number of carbonyl (C=O) groups is 1. The number of imidazole rings is 1. The molecule has 1 fully saturated rings. The molecule has 3 heterocycles. The Morgan fingerprint density at radius 3 is 3.00 bits per heavy atom. The van der Waals surface area contributed by atoms with E-state index in [-0.39, 0.29) is 11.9 Å². The molecule has 118 valence electrons. The lowest BCUT2D eigenvalue weighted by atomic mass is 10.2. The van der Waals surface area contributed by atoms with E-state index in [4.69, 9.17) is 4.98 Å². The van der Waals surface area contributed by atoms with Gasteiger partial charge in [0.25, 0.3) is 5.91 Å². The highest BCUT2D eigenvalue weighted by molar-refractivity contribution is 7.10. The fraction of sp³-hybridized carbons (Fsp3) is 0.333. The summed E-state index contributed by atoms with van der Waals surface area (Å²) in [4.78, 5) is 24.1. The van der Waals surface area contributed by atoms with Crippen LogP contribution in [0.25, 0.3) is 11.0 Å². The van der Waals surface area contributed by atoms with Gasteiger partial charge in [0.2, 0.25) is 0 Å². The lowest BCUT2D eigenvalue weighted by molar-refractivity contribution is 0.0731. The summed E-state index contributed by atoms with van der Waals surface area (Å²) in [5, 5.41) is 1.95. The first-order valence-electron chi connectivity index (χ1n) is 7.94. The normalized spacial score (nSPS) is 18.0. The van der Waals surface area contributed by atoms with Crippen LogP contribution in [0, 0.1) is 13.8 Å². The van der Waals surface area contributed by atoms with Crippen LogP contribution < -0.4 is 0 Å². The number of thiophene rings is 1.